The van der Waals surface area contributed by atoms with E-state index in [9.17, 15) is 0 Å². The Balaban J connectivity index is 0.000000868. The molecule has 0 aliphatic carbocycles. The normalized spacial score (nSPS) is 11.2. The molecule has 2 N–H and O–H groups in total. The zero-order chi connectivity index (χ0) is 30.0. The number of nitrogens with one attached hydrogen (secondary N) is 1. The van der Waals surface area contributed by atoms with E-state index in [-0.39, 0.29) is 0 Å². The van der Waals surface area contributed by atoms with Gasteiger partial charge in [-0.1, -0.05) is 109 Å². The SMILES string of the molecule is CC(=O)O.c1ccc([P+](N[P+](c2ccccc2)(c2ccccc2)c2ccccc2)(c2ccccc2)c2ccccc2)cc1. The molecule has 0 fully saturated rings. The maximum Gasteiger partial charge on any atom is 0.300 e. The van der Waals surface area contributed by atoms with Crippen molar-refractivity contribution in [3.8, 4) is 0 Å². The van der Waals surface area contributed by atoms with Crippen molar-refractivity contribution >= 4 is 52.6 Å². The molecule has 0 heterocycles. The lowest BCUT2D eigenvalue weighted by Gasteiger charge is -2.34. The van der Waals surface area contributed by atoms with Gasteiger partial charge in [0.15, 0.2) is 0 Å². The van der Waals surface area contributed by atoms with Crippen LogP contribution in [0.3, 0.4) is 0 Å². The highest BCUT2D eigenvalue weighted by molar-refractivity contribution is 8.07. The average Bonchev–Trinajstić information content (AvgIpc) is 3.08. The first-order valence-electron chi connectivity index (χ1n) is 14.2. The van der Waals surface area contributed by atoms with Crippen molar-refractivity contribution < 1.29 is 9.90 Å². The summed E-state index contributed by atoms with van der Waals surface area (Å²) in [5.41, 5.74) is 0. The zero-order valence-electron chi connectivity index (χ0n) is 24.1. The average molecular weight is 600 g/mol. The summed E-state index contributed by atoms with van der Waals surface area (Å²) < 4.78 is 0. The van der Waals surface area contributed by atoms with Gasteiger partial charge in [-0.3, -0.25) is 4.79 Å². The fourth-order valence-electron chi connectivity index (χ4n) is 5.38. The minimum absolute atomic E-state index is 0.833. The summed E-state index contributed by atoms with van der Waals surface area (Å²) in [7, 11) is -4.74. The van der Waals surface area contributed by atoms with E-state index in [1.54, 1.807) is 0 Å². The van der Waals surface area contributed by atoms with Gasteiger partial charge in [0, 0.05) is 6.92 Å². The van der Waals surface area contributed by atoms with Crippen molar-refractivity contribution in [1.82, 2.24) is 4.86 Å². The Morgan fingerprint density at radius 1 is 0.395 bits per heavy atom. The fraction of sp³-hybridized carbons (Fsp3) is 0.0263. The minimum Gasteiger partial charge on any atom is -0.481 e. The maximum absolute atomic E-state index is 9.00. The summed E-state index contributed by atoms with van der Waals surface area (Å²) >= 11 is 0. The lowest BCUT2D eigenvalue weighted by atomic mass is 10.4. The number of rotatable bonds is 8. The third-order valence-corrected chi connectivity index (χ3v) is 16.0. The molecule has 0 aliphatic rings. The highest BCUT2D eigenvalue weighted by Gasteiger charge is 2.60. The zero-order valence-corrected chi connectivity index (χ0v) is 25.9. The lowest BCUT2D eigenvalue weighted by molar-refractivity contribution is -0.134. The van der Waals surface area contributed by atoms with E-state index < -0.39 is 20.8 Å². The molecule has 0 bridgehead atoms. The van der Waals surface area contributed by atoms with Crippen molar-refractivity contribution in [3.05, 3.63) is 182 Å². The molecule has 5 heteroatoms. The first-order valence-corrected chi connectivity index (χ1v) is 17.8. The standard InChI is InChI=1S/C36H31NP2.C2H4O2/c1-7-19-31(20-8-1)38(32-21-9-2-10-22-32,33-23-11-3-12-24-33)37-39(34-25-13-4-14-26-34,35-27-15-5-16-28-35)36-29-17-6-18-30-36;1-2(3)4/h1-30,37H;1H3,(H,3,4)/q+2;. The summed E-state index contributed by atoms with van der Waals surface area (Å²) in [6.07, 6.45) is 0. The second-order valence-corrected chi connectivity index (χ2v) is 16.6. The lowest BCUT2D eigenvalue weighted by Crippen LogP contribution is -2.48. The van der Waals surface area contributed by atoms with Crippen molar-refractivity contribution in [2.45, 2.75) is 6.92 Å². The summed E-state index contributed by atoms with van der Waals surface area (Å²) in [4.78, 5) is 13.6. The van der Waals surface area contributed by atoms with Crippen LogP contribution in [0.2, 0.25) is 0 Å². The Hall–Kier alpha value is -4.39. The van der Waals surface area contributed by atoms with E-state index in [1.165, 1.54) is 31.8 Å². The van der Waals surface area contributed by atoms with E-state index in [4.69, 9.17) is 9.90 Å². The van der Waals surface area contributed by atoms with Crippen LogP contribution in [-0.4, -0.2) is 11.1 Å². The quantitative estimate of drug-likeness (QED) is 0.197. The van der Waals surface area contributed by atoms with Crippen LogP contribution in [0.1, 0.15) is 6.92 Å². The first kappa shape index (κ1) is 30.1. The molecule has 0 aliphatic heterocycles. The van der Waals surface area contributed by atoms with E-state index in [0.717, 1.165) is 6.92 Å². The molecular weight excluding hydrogens is 564 g/mol. The molecular formula is C38H35NO2P2+2. The summed E-state index contributed by atoms with van der Waals surface area (Å²) in [5.74, 6) is -0.833. The largest absolute Gasteiger partial charge is 0.481 e. The molecule has 3 nitrogen and oxygen atoms in total. The highest BCUT2D eigenvalue weighted by atomic mass is 31.2. The number of carbonyl (C=O) groups is 1. The van der Waals surface area contributed by atoms with Gasteiger partial charge in [0.2, 0.25) is 14.8 Å². The van der Waals surface area contributed by atoms with Crippen molar-refractivity contribution in [3.63, 3.8) is 0 Å². The monoisotopic (exact) mass is 599 g/mol. The van der Waals surface area contributed by atoms with Crippen LogP contribution in [0.15, 0.2) is 182 Å². The third-order valence-electron chi connectivity index (χ3n) is 7.16. The molecule has 0 radical (unpaired) electrons. The topological polar surface area (TPSA) is 49.3 Å². The highest BCUT2D eigenvalue weighted by Crippen LogP contribution is 2.65. The Kier molecular flexibility index (Phi) is 9.92. The van der Waals surface area contributed by atoms with E-state index in [0.29, 0.717) is 0 Å². The fourth-order valence-corrected chi connectivity index (χ4v) is 15.5. The molecule has 212 valence electrons. The van der Waals surface area contributed by atoms with Crippen molar-refractivity contribution in [2.24, 2.45) is 0 Å². The van der Waals surface area contributed by atoms with E-state index in [2.05, 4.69) is 187 Å². The molecule has 0 saturated carbocycles. The summed E-state index contributed by atoms with van der Waals surface area (Å²) in [6, 6.07) is 66.4. The number of carboxylic acid groups (broad SMARTS) is 1. The predicted molar refractivity (Wildman–Crippen MR) is 187 cm³/mol. The van der Waals surface area contributed by atoms with Crippen LogP contribution in [-0.2, 0) is 4.79 Å². The third kappa shape index (κ3) is 6.51. The molecule has 0 spiro atoms. The molecule has 43 heavy (non-hydrogen) atoms. The number of carboxylic acids is 1. The summed E-state index contributed by atoms with van der Waals surface area (Å²) in [6.45, 7) is 1.08. The van der Waals surface area contributed by atoms with Gasteiger partial charge in [0.25, 0.3) is 5.97 Å². The van der Waals surface area contributed by atoms with Gasteiger partial charge >= 0.3 is 0 Å². The van der Waals surface area contributed by atoms with Gasteiger partial charge in [-0.2, -0.15) is 0 Å². The molecule has 0 aromatic heterocycles. The first-order chi connectivity index (χ1) is 21.1. The molecule has 6 rings (SSSR count). The Morgan fingerprint density at radius 2 is 0.535 bits per heavy atom. The molecule has 0 unspecified atom stereocenters. The van der Waals surface area contributed by atoms with Crippen LogP contribution in [0, 0.1) is 0 Å². The molecule has 6 aromatic rings. The van der Waals surface area contributed by atoms with Gasteiger partial charge in [0.05, 0.1) is 0 Å². The molecule has 6 aromatic carbocycles. The van der Waals surface area contributed by atoms with E-state index in [1.807, 2.05) is 0 Å². The van der Waals surface area contributed by atoms with E-state index >= 15 is 0 Å². The van der Waals surface area contributed by atoms with Crippen LogP contribution < -0.4 is 36.7 Å². The van der Waals surface area contributed by atoms with Gasteiger partial charge < -0.3 is 5.11 Å². The second-order valence-electron chi connectivity index (χ2n) is 9.97. The summed E-state index contributed by atoms with van der Waals surface area (Å²) in [5, 5.41) is 15.3. The van der Waals surface area contributed by atoms with Crippen LogP contribution in [0.4, 0.5) is 0 Å². The van der Waals surface area contributed by atoms with Gasteiger partial charge in [-0.05, 0) is 77.7 Å². The number of hydrogen-bond donors (Lipinski definition) is 2. The smallest absolute Gasteiger partial charge is 0.300 e. The van der Waals surface area contributed by atoms with Gasteiger partial charge in [-0.15, -0.1) is 0 Å². The molecule has 0 atom stereocenters. The number of hydrogen-bond acceptors (Lipinski definition) is 2. The number of benzene rings is 6. The minimum atomic E-state index is -2.37. The predicted octanol–water partition coefficient (Wildman–Crippen LogP) is 6.49. The number of aliphatic carboxylic acids is 1. The Labute approximate surface area is 255 Å². The van der Waals surface area contributed by atoms with Crippen LogP contribution >= 0.6 is 14.8 Å². The Morgan fingerprint density at radius 3 is 0.674 bits per heavy atom. The van der Waals surface area contributed by atoms with Crippen molar-refractivity contribution in [1.29, 1.82) is 0 Å². The van der Waals surface area contributed by atoms with Gasteiger partial charge in [-0.25, -0.2) is 0 Å². The van der Waals surface area contributed by atoms with Crippen molar-refractivity contribution in [2.75, 3.05) is 0 Å². The van der Waals surface area contributed by atoms with Gasteiger partial charge in [0.1, 0.15) is 31.8 Å². The Bertz CT molecular complexity index is 1380. The second kappa shape index (κ2) is 14.2. The molecule has 0 saturated heterocycles. The molecule has 0 amide bonds. The van der Waals surface area contributed by atoms with Crippen LogP contribution in [0.25, 0.3) is 0 Å². The maximum atomic E-state index is 9.00. The van der Waals surface area contributed by atoms with Crippen LogP contribution in [0.5, 0.6) is 0 Å².